The minimum absolute atomic E-state index is 0.326. The zero-order valence-corrected chi connectivity index (χ0v) is 12.4. The van der Waals surface area contributed by atoms with Gasteiger partial charge < -0.3 is 16.1 Å². The number of hydrogen-bond acceptors (Lipinski definition) is 6. The Bertz CT molecular complexity index is 279. The second-order valence-electron chi connectivity index (χ2n) is 3.29. The number of amidine groups is 1. The second-order valence-corrected chi connectivity index (χ2v) is 3.29. The lowest BCUT2D eigenvalue weighted by Crippen LogP contribution is -2.10. The zero-order chi connectivity index (χ0) is 16.6. The number of nitrogens with two attached hydrogens (primary N) is 2. The average Bonchev–Trinajstić information content (AvgIpc) is 2.53. The van der Waals surface area contributed by atoms with Gasteiger partial charge in [-0.3, -0.25) is 0 Å². The van der Waals surface area contributed by atoms with Crippen LogP contribution in [0.25, 0.3) is 0 Å². The molecule has 0 radical (unpaired) electrons. The van der Waals surface area contributed by atoms with Gasteiger partial charge >= 0.3 is 0 Å². The third kappa shape index (κ3) is 56.5. The van der Waals surface area contributed by atoms with Crippen LogP contribution in [0.5, 0.6) is 0 Å². The van der Waals surface area contributed by atoms with Gasteiger partial charge in [-0.25, -0.2) is 5.90 Å². The van der Waals surface area contributed by atoms with Crippen molar-refractivity contribution in [3.05, 3.63) is 12.7 Å². The van der Waals surface area contributed by atoms with Crippen LogP contribution in [0.4, 0.5) is 0 Å². The molecule has 0 heterocycles. The van der Waals surface area contributed by atoms with E-state index in [4.69, 9.17) is 26.7 Å². The Labute approximate surface area is 121 Å². The van der Waals surface area contributed by atoms with Gasteiger partial charge in [0.1, 0.15) is 5.84 Å². The highest BCUT2D eigenvalue weighted by Crippen LogP contribution is 1.91. The van der Waals surface area contributed by atoms with Crippen LogP contribution in [0.2, 0.25) is 0 Å². The van der Waals surface area contributed by atoms with Crippen LogP contribution < -0.4 is 11.6 Å². The van der Waals surface area contributed by atoms with E-state index in [1.54, 1.807) is 6.07 Å². The van der Waals surface area contributed by atoms with Gasteiger partial charge in [-0.2, -0.15) is 10.5 Å². The molecule has 0 aromatic heterocycles. The van der Waals surface area contributed by atoms with Crippen LogP contribution in [-0.4, -0.2) is 16.3 Å². The first-order chi connectivity index (χ1) is 9.64. The number of unbranched alkanes of at least 4 members (excludes halogenated alkanes) is 3. The van der Waals surface area contributed by atoms with Gasteiger partial charge in [-0.1, -0.05) is 38.4 Å². The second kappa shape index (κ2) is 36.0. The number of rotatable bonds is 5. The Balaban J connectivity index is -0.0000000947. The number of nitrogens with zero attached hydrogens (tertiary/aromatic N) is 3. The molecule has 0 aliphatic rings. The summed E-state index contributed by atoms with van der Waals surface area (Å²) in [6, 6.07) is 3.76. The Hall–Kier alpha value is -2.09. The first-order valence-corrected chi connectivity index (χ1v) is 6.24. The zero-order valence-electron chi connectivity index (χ0n) is 12.4. The molecule has 0 aliphatic heterocycles. The predicted octanol–water partition coefficient (Wildman–Crippen LogP) is 2.65. The molecular formula is C13H27N5O2. The Morgan fingerprint density at radius 2 is 1.70 bits per heavy atom. The maximum Gasteiger partial charge on any atom is 0.139 e. The third-order valence-corrected chi connectivity index (χ3v) is 1.65. The third-order valence-electron chi connectivity index (χ3n) is 1.65. The van der Waals surface area contributed by atoms with Crippen molar-refractivity contribution in [3.63, 3.8) is 0 Å². The summed E-state index contributed by atoms with van der Waals surface area (Å²) in [5.41, 5.74) is 5.16. The molecular weight excluding hydrogens is 258 g/mol. The molecule has 0 spiro atoms. The van der Waals surface area contributed by atoms with Crippen molar-refractivity contribution in [3.8, 4) is 12.1 Å². The molecule has 7 heteroatoms. The van der Waals surface area contributed by atoms with Crippen molar-refractivity contribution in [1.82, 2.24) is 0 Å². The molecule has 0 aromatic rings. The van der Waals surface area contributed by atoms with Crippen LogP contribution in [0.15, 0.2) is 17.8 Å². The largest absolute Gasteiger partial charge is 0.409 e. The molecule has 0 aromatic carbocycles. The molecule has 0 unspecified atom stereocenters. The van der Waals surface area contributed by atoms with Crippen LogP contribution in [0.3, 0.4) is 0 Å². The van der Waals surface area contributed by atoms with E-state index in [9.17, 15) is 0 Å². The first-order valence-electron chi connectivity index (χ1n) is 6.24. The maximum absolute atomic E-state index is 8.02. The number of oxime groups is 1. The van der Waals surface area contributed by atoms with Crippen LogP contribution in [0, 0.1) is 22.7 Å². The van der Waals surface area contributed by atoms with E-state index < -0.39 is 0 Å². The number of allylic oxidation sites excluding steroid dienone is 1. The fourth-order valence-corrected chi connectivity index (χ4v) is 0.664. The molecule has 0 rings (SSSR count). The van der Waals surface area contributed by atoms with Crippen molar-refractivity contribution in [2.24, 2.45) is 16.8 Å². The van der Waals surface area contributed by atoms with E-state index in [1.165, 1.54) is 6.08 Å². The molecule has 0 bridgehead atoms. The minimum atomic E-state index is 0.326. The molecule has 0 fully saturated rings. The number of nitriles is 2. The van der Waals surface area contributed by atoms with Gasteiger partial charge in [0.2, 0.25) is 0 Å². The topological polar surface area (TPSA) is 152 Å². The predicted molar refractivity (Wildman–Crippen MR) is 79.9 cm³/mol. The highest BCUT2D eigenvalue weighted by Gasteiger charge is 1.88. The summed E-state index contributed by atoms with van der Waals surface area (Å²) in [4.78, 5) is 0. The van der Waals surface area contributed by atoms with E-state index in [2.05, 4.69) is 37.5 Å². The van der Waals surface area contributed by atoms with Gasteiger partial charge in [0.25, 0.3) is 0 Å². The summed E-state index contributed by atoms with van der Waals surface area (Å²) >= 11 is 0. The fraction of sp³-hybridized carbons (Fsp3) is 0.615. The summed E-state index contributed by atoms with van der Waals surface area (Å²) in [7, 11) is 0. The van der Waals surface area contributed by atoms with Crippen LogP contribution in [-0.2, 0) is 0 Å². The Morgan fingerprint density at radius 3 is 1.90 bits per heavy atom. The van der Waals surface area contributed by atoms with E-state index >= 15 is 0 Å². The highest BCUT2D eigenvalue weighted by atomic mass is 16.4. The van der Waals surface area contributed by atoms with E-state index in [1.807, 2.05) is 0 Å². The Kier molecular flexibility index (Phi) is 47.6. The SMILES string of the molecule is C=CC#N.CCCC/C(N)=N/O.CCCCC#N.NO. The fourth-order valence-electron chi connectivity index (χ4n) is 0.664. The molecule has 0 saturated heterocycles. The lowest BCUT2D eigenvalue weighted by Gasteiger charge is -1.91. The lowest BCUT2D eigenvalue weighted by molar-refractivity contribution is 0.311. The monoisotopic (exact) mass is 285 g/mol. The van der Waals surface area contributed by atoms with Gasteiger partial charge in [0.15, 0.2) is 0 Å². The lowest BCUT2D eigenvalue weighted by atomic mass is 10.2. The molecule has 7 nitrogen and oxygen atoms in total. The molecule has 0 saturated carbocycles. The summed E-state index contributed by atoms with van der Waals surface area (Å²) in [6.45, 7) is 7.26. The maximum atomic E-state index is 8.02. The molecule has 20 heavy (non-hydrogen) atoms. The van der Waals surface area contributed by atoms with Crippen molar-refractivity contribution < 1.29 is 10.4 Å². The molecule has 0 amide bonds. The summed E-state index contributed by atoms with van der Waals surface area (Å²) in [5, 5.41) is 32.8. The summed E-state index contributed by atoms with van der Waals surface area (Å²) in [5.74, 6) is 3.83. The van der Waals surface area contributed by atoms with E-state index in [0.29, 0.717) is 12.3 Å². The van der Waals surface area contributed by atoms with Crippen LogP contribution >= 0.6 is 0 Å². The summed E-state index contributed by atoms with van der Waals surface area (Å²) < 4.78 is 0. The first kappa shape index (κ1) is 26.5. The van der Waals surface area contributed by atoms with Crippen molar-refractivity contribution in [1.29, 1.82) is 10.5 Å². The highest BCUT2D eigenvalue weighted by molar-refractivity contribution is 5.79. The molecule has 6 N–H and O–H groups in total. The molecule has 0 atom stereocenters. The van der Waals surface area contributed by atoms with Gasteiger partial charge in [-0.05, 0) is 12.8 Å². The Morgan fingerprint density at radius 1 is 1.25 bits per heavy atom. The average molecular weight is 285 g/mol. The standard InChI is InChI=1S/C5H12N2O.C5H9N.C3H3N.H3NO/c1-2-3-4-5(6)7-8;1-2-3-4-5-6;1-2-3-4;1-2/h8H,2-4H2,1H3,(H2,6,7);2-4H2,1H3;2H,1H2;2H,1H2. The smallest absolute Gasteiger partial charge is 0.139 e. The molecule has 0 aliphatic carbocycles. The van der Waals surface area contributed by atoms with E-state index in [0.717, 1.165) is 32.1 Å². The minimum Gasteiger partial charge on any atom is -0.409 e. The quantitative estimate of drug-likeness (QED) is 0.152. The molecule has 116 valence electrons. The number of hydrogen-bond donors (Lipinski definition) is 4. The van der Waals surface area contributed by atoms with Crippen molar-refractivity contribution in [2.45, 2.75) is 52.4 Å². The van der Waals surface area contributed by atoms with Crippen molar-refractivity contribution in [2.75, 3.05) is 0 Å². The van der Waals surface area contributed by atoms with Gasteiger partial charge in [0, 0.05) is 18.9 Å². The van der Waals surface area contributed by atoms with E-state index in [-0.39, 0.29) is 0 Å². The van der Waals surface area contributed by atoms with Crippen molar-refractivity contribution >= 4 is 5.84 Å². The van der Waals surface area contributed by atoms with Gasteiger partial charge in [-0.15, -0.1) is 0 Å². The van der Waals surface area contributed by atoms with Gasteiger partial charge in [0.05, 0.1) is 12.1 Å². The normalized spacial score (nSPS) is 8.00. The summed E-state index contributed by atoms with van der Waals surface area (Å²) in [6.07, 6.45) is 6.86. The van der Waals surface area contributed by atoms with Crippen LogP contribution in [0.1, 0.15) is 52.4 Å².